The van der Waals surface area contributed by atoms with E-state index in [4.69, 9.17) is 10.5 Å². The molecular weight excluding hydrogens is 204 g/mol. The topological polar surface area (TPSA) is 55.6 Å². The molecule has 0 amide bonds. The van der Waals surface area contributed by atoms with Gasteiger partial charge in [0.05, 0.1) is 12.5 Å². The second kappa shape index (κ2) is 6.86. The minimum atomic E-state index is -0.271. The molecule has 0 spiro atoms. The lowest BCUT2D eigenvalue weighted by atomic mass is 9.85. The number of esters is 1. The molecule has 0 bridgehead atoms. The molecule has 4 nitrogen and oxygen atoms in total. The number of rotatable bonds is 7. The van der Waals surface area contributed by atoms with Gasteiger partial charge in [0.1, 0.15) is 0 Å². The third-order valence-corrected chi connectivity index (χ3v) is 3.24. The highest BCUT2D eigenvalue weighted by Gasteiger charge is 2.38. The normalized spacial score (nSPS) is 13.9. The Morgan fingerprint density at radius 2 is 1.81 bits per heavy atom. The van der Waals surface area contributed by atoms with Crippen LogP contribution in [0.15, 0.2) is 0 Å². The van der Waals surface area contributed by atoms with Crippen LogP contribution in [0.25, 0.3) is 0 Å². The number of nitrogens with zero attached hydrogens (tertiary/aromatic N) is 1. The molecule has 0 aromatic heterocycles. The Morgan fingerprint density at radius 1 is 1.31 bits per heavy atom. The van der Waals surface area contributed by atoms with Crippen molar-refractivity contribution >= 4 is 5.97 Å². The average molecular weight is 230 g/mol. The summed E-state index contributed by atoms with van der Waals surface area (Å²) < 4.78 is 5.07. The summed E-state index contributed by atoms with van der Waals surface area (Å²) in [6, 6.07) is 0. The van der Waals surface area contributed by atoms with E-state index in [1.54, 1.807) is 0 Å². The van der Waals surface area contributed by atoms with Gasteiger partial charge in [-0.05, 0) is 33.9 Å². The fourth-order valence-corrected chi connectivity index (χ4v) is 2.17. The zero-order valence-electron chi connectivity index (χ0n) is 11.2. The van der Waals surface area contributed by atoms with Crippen molar-refractivity contribution in [1.82, 2.24) is 4.90 Å². The third-order valence-electron chi connectivity index (χ3n) is 3.24. The maximum Gasteiger partial charge on any atom is 0.312 e. The van der Waals surface area contributed by atoms with Crippen molar-refractivity contribution in [3.05, 3.63) is 0 Å². The Morgan fingerprint density at radius 3 is 2.12 bits per heavy atom. The molecule has 0 aromatic carbocycles. The summed E-state index contributed by atoms with van der Waals surface area (Å²) in [6.07, 6.45) is 0. The van der Waals surface area contributed by atoms with Gasteiger partial charge in [-0.3, -0.25) is 9.69 Å². The van der Waals surface area contributed by atoms with E-state index in [9.17, 15) is 4.79 Å². The monoisotopic (exact) mass is 230 g/mol. The lowest BCUT2D eigenvalue weighted by Gasteiger charge is -2.41. The minimum absolute atomic E-state index is 0.193. The van der Waals surface area contributed by atoms with Crippen molar-refractivity contribution in [2.45, 2.75) is 40.2 Å². The third kappa shape index (κ3) is 3.46. The first-order chi connectivity index (χ1) is 7.45. The fourth-order valence-electron chi connectivity index (χ4n) is 2.17. The van der Waals surface area contributed by atoms with Crippen molar-refractivity contribution in [2.75, 3.05) is 26.2 Å². The second-order valence-electron chi connectivity index (χ2n) is 4.37. The van der Waals surface area contributed by atoms with Gasteiger partial charge in [0.15, 0.2) is 0 Å². The van der Waals surface area contributed by atoms with E-state index in [1.165, 1.54) is 0 Å². The highest BCUT2D eigenvalue weighted by Crippen LogP contribution is 2.24. The van der Waals surface area contributed by atoms with Crippen molar-refractivity contribution in [2.24, 2.45) is 11.7 Å². The van der Waals surface area contributed by atoms with Crippen LogP contribution in [0.3, 0.4) is 0 Å². The number of carbonyl (C=O) groups excluding carboxylic acids is 1. The van der Waals surface area contributed by atoms with E-state index in [2.05, 4.69) is 32.6 Å². The Bertz CT molecular complexity index is 213. The Labute approximate surface area is 99.1 Å². The quantitative estimate of drug-likeness (QED) is 0.669. The zero-order chi connectivity index (χ0) is 12.8. The zero-order valence-corrected chi connectivity index (χ0v) is 11.2. The number of carbonyl (C=O) groups is 1. The molecule has 0 fully saturated rings. The van der Waals surface area contributed by atoms with Crippen molar-refractivity contribution in [1.29, 1.82) is 0 Å². The van der Waals surface area contributed by atoms with E-state index in [0.29, 0.717) is 13.2 Å². The molecule has 0 heterocycles. The summed E-state index contributed by atoms with van der Waals surface area (Å²) in [5, 5.41) is 0. The summed E-state index contributed by atoms with van der Waals surface area (Å²) in [6.45, 7) is 12.6. The molecular formula is C12H26N2O2. The van der Waals surface area contributed by atoms with Gasteiger partial charge in [0, 0.05) is 12.1 Å². The fraction of sp³-hybridized carbons (Fsp3) is 0.917. The Hall–Kier alpha value is -0.610. The van der Waals surface area contributed by atoms with Crippen LogP contribution in [-0.2, 0) is 9.53 Å². The van der Waals surface area contributed by atoms with Crippen LogP contribution in [0.5, 0.6) is 0 Å². The second-order valence-corrected chi connectivity index (χ2v) is 4.37. The molecule has 0 aromatic rings. The van der Waals surface area contributed by atoms with Gasteiger partial charge in [0.2, 0.25) is 0 Å². The van der Waals surface area contributed by atoms with E-state index in [-0.39, 0.29) is 17.4 Å². The molecule has 2 N–H and O–H groups in total. The number of hydrogen-bond donors (Lipinski definition) is 1. The molecule has 0 aliphatic rings. The molecule has 0 aliphatic heterocycles. The molecule has 0 saturated carbocycles. The van der Waals surface area contributed by atoms with Gasteiger partial charge in [-0.15, -0.1) is 0 Å². The molecule has 4 heteroatoms. The van der Waals surface area contributed by atoms with Crippen LogP contribution in [0.4, 0.5) is 0 Å². The molecule has 16 heavy (non-hydrogen) atoms. The largest absolute Gasteiger partial charge is 0.466 e. The van der Waals surface area contributed by atoms with E-state index in [1.807, 2.05) is 6.92 Å². The van der Waals surface area contributed by atoms with E-state index < -0.39 is 0 Å². The predicted molar refractivity (Wildman–Crippen MR) is 66.2 cm³/mol. The molecule has 0 rings (SSSR count). The Balaban J connectivity index is 4.83. The lowest BCUT2D eigenvalue weighted by molar-refractivity contribution is -0.152. The molecule has 1 unspecified atom stereocenters. The SMILES string of the molecule is CCOC(=O)C(CN)C(C)(C)N(CC)CC. The first-order valence-corrected chi connectivity index (χ1v) is 6.07. The molecule has 0 saturated heterocycles. The van der Waals surface area contributed by atoms with Crippen LogP contribution in [0, 0.1) is 5.92 Å². The predicted octanol–water partition coefficient (Wildman–Crippen LogP) is 1.24. The van der Waals surface area contributed by atoms with Crippen LogP contribution < -0.4 is 5.73 Å². The summed E-state index contributed by atoms with van der Waals surface area (Å²) in [5.41, 5.74) is 5.45. The molecule has 0 aliphatic carbocycles. The van der Waals surface area contributed by atoms with Gasteiger partial charge in [0.25, 0.3) is 0 Å². The number of ether oxygens (including phenoxy) is 1. The Kier molecular flexibility index (Phi) is 6.60. The lowest BCUT2D eigenvalue weighted by Crippen LogP contribution is -2.54. The molecule has 0 radical (unpaired) electrons. The first kappa shape index (κ1) is 15.4. The molecule has 1 atom stereocenters. The van der Waals surface area contributed by atoms with Crippen LogP contribution in [0.2, 0.25) is 0 Å². The van der Waals surface area contributed by atoms with Crippen LogP contribution in [-0.4, -0.2) is 42.6 Å². The summed E-state index contributed by atoms with van der Waals surface area (Å²) in [4.78, 5) is 14.1. The van der Waals surface area contributed by atoms with Crippen LogP contribution >= 0.6 is 0 Å². The smallest absolute Gasteiger partial charge is 0.312 e. The number of nitrogens with two attached hydrogens (primary N) is 1. The van der Waals surface area contributed by atoms with Gasteiger partial charge in [-0.2, -0.15) is 0 Å². The first-order valence-electron chi connectivity index (χ1n) is 6.07. The standard InChI is InChI=1S/C12H26N2O2/c1-6-14(7-2)12(4,5)10(9-13)11(15)16-8-3/h10H,6-9,13H2,1-5H3. The highest BCUT2D eigenvalue weighted by molar-refractivity contribution is 5.74. The van der Waals surface area contributed by atoms with Gasteiger partial charge in [-0.1, -0.05) is 13.8 Å². The maximum atomic E-state index is 11.8. The van der Waals surface area contributed by atoms with E-state index >= 15 is 0 Å². The summed E-state index contributed by atoms with van der Waals surface area (Å²) >= 11 is 0. The minimum Gasteiger partial charge on any atom is -0.466 e. The average Bonchev–Trinajstić information content (AvgIpc) is 2.19. The summed E-state index contributed by atoms with van der Waals surface area (Å²) in [7, 11) is 0. The van der Waals surface area contributed by atoms with Crippen molar-refractivity contribution in [3.63, 3.8) is 0 Å². The van der Waals surface area contributed by atoms with Crippen molar-refractivity contribution < 1.29 is 9.53 Å². The van der Waals surface area contributed by atoms with Crippen LogP contribution in [0.1, 0.15) is 34.6 Å². The highest BCUT2D eigenvalue weighted by atomic mass is 16.5. The summed E-state index contributed by atoms with van der Waals surface area (Å²) in [5.74, 6) is -0.464. The number of hydrogen-bond acceptors (Lipinski definition) is 4. The van der Waals surface area contributed by atoms with Crippen molar-refractivity contribution in [3.8, 4) is 0 Å². The van der Waals surface area contributed by atoms with Gasteiger partial charge < -0.3 is 10.5 Å². The maximum absolute atomic E-state index is 11.8. The van der Waals surface area contributed by atoms with Gasteiger partial charge in [-0.25, -0.2) is 0 Å². The van der Waals surface area contributed by atoms with E-state index in [0.717, 1.165) is 13.1 Å². The van der Waals surface area contributed by atoms with Gasteiger partial charge >= 0.3 is 5.97 Å². The molecule has 96 valence electrons.